The van der Waals surface area contributed by atoms with Crippen molar-refractivity contribution in [2.75, 3.05) is 13.1 Å². The summed E-state index contributed by atoms with van der Waals surface area (Å²) in [6.07, 6.45) is 2.82. The Morgan fingerprint density at radius 3 is 2.65 bits per heavy atom. The van der Waals surface area contributed by atoms with Crippen LogP contribution in [-0.4, -0.2) is 40.3 Å². The summed E-state index contributed by atoms with van der Waals surface area (Å²) < 4.78 is 5.74. The third-order valence-corrected chi connectivity index (χ3v) is 7.42. The minimum absolute atomic E-state index is 0.0609. The van der Waals surface area contributed by atoms with E-state index in [1.54, 1.807) is 16.2 Å². The number of thiazole rings is 1. The monoisotopic (exact) mass is 498 g/mol. The number of fused-ring (bicyclic) bond motifs is 1. The predicted octanol–water partition coefficient (Wildman–Crippen LogP) is 7.58. The quantitative estimate of drug-likeness (QED) is 0.380. The molecule has 2 heterocycles. The Balaban J connectivity index is 1.61. The minimum Gasteiger partial charge on any atom is -0.489 e. The summed E-state index contributed by atoms with van der Waals surface area (Å²) in [6, 6.07) is 12.3. The van der Waals surface area contributed by atoms with E-state index in [0.717, 1.165) is 33.9 Å². The van der Waals surface area contributed by atoms with E-state index in [1.165, 1.54) is 11.1 Å². The molecular weight excluding hydrogens is 468 g/mol. The number of carbonyl (C=O) groups is 1. The molecule has 1 unspecified atom stereocenters. The van der Waals surface area contributed by atoms with Crippen LogP contribution in [0.5, 0.6) is 5.75 Å². The number of rotatable bonds is 6. The number of nitrogens with zero attached hydrogens (tertiary/aromatic N) is 2. The molecule has 7 heteroatoms. The van der Waals surface area contributed by atoms with Crippen LogP contribution < -0.4 is 4.74 Å². The first-order valence-electron chi connectivity index (χ1n) is 11.7. The number of benzene rings is 2. The lowest BCUT2D eigenvalue weighted by Gasteiger charge is -2.24. The Morgan fingerprint density at radius 1 is 1.21 bits per heavy atom. The zero-order chi connectivity index (χ0) is 24.4. The van der Waals surface area contributed by atoms with Gasteiger partial charge < -0.3 is 14.7 Å². The molecule has 1 atom stereocenters. The molecule has 0 spiro atoms. The molecule has 1 aliphatic heterocycles. The van der Waals surface area contributed by atoms with Gasteiger partial charge in [-0.3, -0.25) is 0 Å². The summed E-state index contributed by atoms with van der Waals surface area (Å²) in [5, 5.41) is 11.1. The van der Waals surface area contributed by atoms with Gasteiger partial charge in [0.05, 0.1) is 16.0 Å². The number of amides is 1. The highest BCUT2D eigenvalue weighted by Crippen LogP contribution is 2.38. The summed E-state index contributed by atoms with van der Waals surface area (Å²) in [5.74, 6) is 1.39. The highest BCUT2D eigenvalue weighted by molar-refractivity contribution is 7.18. The first kappa shape index (κ1) is 24.6. The topological polar surface area (TPSA) is 62.7 Å². The average molecular weight is 499 g/mol. The Morgan fingerprint density at radius 2 is 1.97 bits per heavy atom. The second kappa shape index (κ2) is 10.4. The van der Waals surface area contributed by atoms with E-state index >= 15 is 0 Å². The number of halogens is 1. The van der Waals surface area contributed by atoms with Crippen LogP contribution in [-0.2, 0) is 6.42 Å². The maximum absolute atomic E-state index is 11.7. The van der Waals surface area contributed by atoms with Crippen molar-refractivity contribution in [3.05, 3.63) is 58.7 Å². The molecule has 5 nitrogen and oxygen atoms in total. The molecule has 34 heavy (non-hydrogen) atoms. The van der Waals surface area contributed by atoms with Crippen LogP contribution >= 0.6 is 22.9 Å². The molecule has 0 saturated carbocycles. The van der Waals surface area contributed by atoms with Crippen LogP contribution in [0, 0.1) is 5.92 Å². The van der Waals surface area contributed by atoms with Gasteiger partial charge in [0.25, 0.3) is 0 Å². The van der Waals surface area contributed by atoms with Gasteiger partial charge in [-0.1, -0.05) is 37.6 Å². The van der Waals surface area contributed by atoms with E-state index in [2.05, 4.69) is 37.0 Å². The summed E-state index contributed by atoms with van der Waals surface area (Å²) in [5.41, 5.74) is 4.58. The zero-order valence-electron chi connectivity index (χ0n) is 20.0. The largest absolute Gasteiger partial charge is 0.489 e. The van der Waals surface area contributed by atoms with E-state index in [1.807, 2.05) is 38.2 Å². The standard InChI is InChI=1S/C27H31ClN2O3S/c1-16(2)11-21-15-30(27(31)32)10-9-18-12-19(5-7-22(18)21)25-14-29-26(34-25)20-6-8-24(23(28)13-20)33-17(3)4/h5-8,12-14,16-17,21H,9-11,15H2,1-4H3,(H,31,32). The van der Waals surface area contributed by atoms with E-state index in [0.29, 0.717) is 29.8 Å². The molecule has 0 aliphatic carbocycles. The lowest BCUT2D eigenvalue weighted by molar-refractivity contribution is 0.142. The van der Waals surface area contributed by atoms with E-state index in [9.17, 15) is 9.90 Å². The summed E-state index contributed by atoms with van der Waals surface area (Å²) >= 11 is 8.06. The smallest absolute Gasteiger partial charge is 0.407 e. The van der Waals surface area contributed by atoms with Crippen molar-refractivity contribution in [1.29, 1.82) is 0 Å². The van der Waals surface area contributed by atoms with E-state index < -0.39 is 6.09 Å². The molecule has 2 aromatic carbocycles. The van der Waals surface area contributed by atoms with Crippen molar-refractivity contribution in [1.82, 2.24) is 9.88 Å². The van der Waals surface area contributed by atoms with Crippen LogP contribution in [0.2, 0.25) is 5.02 Å². The third-order valence-electron chi connectivity index (χ3n) is 6.03. The van der Waals surface area contributed by atoms with Gasteiger partial charge in [-0.2, -0.15) is 0 Å². The Bertz CT molecular complexity index is 1170. The molecule has 1 aromatic heterocycles. The molecule has 4 rings (SSSR count). The number of hydrogen-bond donors (Lipinski definition) is 1. The second-order valence-corrected chi connectivity index (χ2v) is 11.0. The van der Waals surface area contributed by atoms with Gasteiger partial charge in [-0.05, 0) is 73.6 Å². The van der Waals surface area contributed by atoms with Crippen molar-refractivity contribution in [2.45, 2.75) is 52.6 Å². The molecule has 0 fully saturated rings. The van der Waals surface area contributed by atoms with Gasteiger partial charge in [0.2, 0.25) is 0 Å². The lowest BCUT2D eigenvalue weighted by Crippen LogP contribution is -2.33. The number of ether oxygens (including phenoxy) is 1. The third kappa shape index (κ3) is 5.56. The summed E-state index contributed by atoms with van der Waals surface area (Å²) in [7, 11) is 0. The molecule has 0 saturated heterocycles. The Kier molecular flexibility index (Phi) is 7.48. The highest BCUT2D eigenvalue weighted by atomic mass is 35.5. The molecule has 180 valence electrons. The number of aromatic nitrogens is 1. The van der Waals surface area contributed by atoms with Gasteiger partial charge in [-0.25, -0.2) is 9.78 Å². The fraction of sp³-hybridized carbons (Fsp3) is 0.407. The number of carboxylic acid groups (broad SMARTS) is 1. The van der Waals surface area contributed by atoms with Crippen LogP contribution in [0.25, 0.3) is 21.0 Å². The van der Waals surface area contributed by atoms with Crippen LogP contribution in [0.15, 0.2) is 42.6 Å². The number of hydrogen-bond acceptors (Lipinski definition) is 4. The van der Waals surface area contributed by atoms with Gasteiger partial charge in [0.1, 0.15) is 10.8 Å². The van der Waals surface area contributed by atoms with Crippen molar-refractivity contribution in [3.63, 3.8) is 0 Å². The van der Waals surface area contributed by atoms with Crippen molar-refractivity contribution < 1.29 is 14.6 Å². The van der Waals surface area contributed by atoms with Gasteiger partial charge in [-0.15, -0.1) is 11.3 Å². The Hall–Kier alpha value is -2.57. The molecular formula is C27H31ClN2O3S. The van der Waals surface area contributed by atoms with E-state index in [-0.39, 0.29) is 12.0 Å². The normalized spacial score (nSPS) is 16.0. The van der Waals surface area contributed by atoms with Crippen LogP contribution in [0.4, 0.5) is 4.79 Å². The van der Waals surface area contributed by atoms with Crippen molar-refractivity contribution >= 4 is 29.0 Å². The van der Waals surface area contributed by atoms with Crippen LogP contribution in [0.3, 0.4) is 0 Å². The molecule has 1 N–H and O–H groups in total. The van der Waals surface area contributed by atoms with Gasteiger partial charge in [0, 0.05) is 30.8 Å². The van der Waals surface area contributed by atoms with E-state index in [4.69, 9.17) is 16.3 Å². The first-order valence-corrected chi connectivity index (χ1v) is 12.9. The van der Waals surface area contributed by atoms with Crippen molar-refractivity contribution in [3.8, 4) is 26.8 Å². The van der Waals surface area contributed by atoms with Gasteiger partial charge >= 0.3 is 6.09 Å². The summed E-state index contributed by atoms with van der Waals surface area (Å²) in [6.45, 7) is 9.41. The Labute approximate surface area is 210 Å². The SMILES string of the molecule is CC(C)CC1CN(C(=O)O)CCc2cc(-c3cnc(-c4ccc(OC(C)C)c(Cl)c4)s3)ccc21. The van der Waals surface area contributed by atoms with Crippen molar-refractivity contribution in [2.24, 2.45) is 5.92 Å². The maximum Gasteiger partial charge on any atom is 0.407 e. The lowest BCUT2D eigenvalue weighted by atomic mass is 9.86. The molecule has 0 radical (unpaired) electrons. The zero-order valence-corrected chi connectivity index (χ0v) is 21.6. The fourth-order valence-electron chi connectivity index (χ4n) is 4.55. The van der Waals surface area contributed by atoms with Crippen LogP contribution in [0.1, 0.15) is 51.2 Å². The molecule has 0 bridgehead atoms. The molecule has 1 aliphatic rings. The minimum atomic E-state index is -0.836. The van der Waals surface area contributed by atoms with Gasteiger partial charge in [0.15, 0.2) is 0 Å². The fourth-order valence-corrected chi connectivity index (χ4v) is 5.69. The molecule has 1 amide bonds. The average Bonchev–Trinajstić information content (AvgIpc) is 3.19. The summed E-state index contributed by atoms with van der Waals surface area (Å²) in [4.78, 5) is 19.0. The second-order valence-electron chi connectivity index (χ2n) is 9.56. The molecule has 3 aromatic rings. The highest BCUT2D eigenvalue weighted by Gasteiger charge is 2.26. The maximum atomic E-state index is 11.7. The first-order chi connectivity index (χ1) is 16.2. The predicted molar refractivity (Wildman–Crippen MR) is 139 cm³/mol.